The molecule has 2 amide bonds. The Labute approximate surface area is 151 Å². The summed E-state index contributed by atoms with van der Waals surface area (Å²) in [6.45, 7) is 0.463. The summed E-state index contributed by atoms with van der Waals surface area (Å²) >= 11 is 1.80. The van der Waals surface area contributed by atoms with Crippen molar-refractivity contribution in [3.8, 4) is 0 Å². The van der Waals surface area contributed by atoms with Gasteiger partial charge in [0.15, 0.2) is 0 Å². The Hall–Kier alpha value is -2.11. The summed E-state index contributed by atoms with van der Waals surface area (Å²) in [6.07, 6.45) is 2.20. The molecule has 1 saturated heterocycles. The molecule has 0 spiro atoms. The second-order valence-corrected chi connectivity index (χ2v) is 7.38. The quantitative estimate of drug-likeness (QED) is 0.433. The Morgan fingerprint density at radius 1 is 0.880 bits per heavy atom. The average molecular weight is 353 g/mol. The van der Waals surface area contributed by atoms with E-state index in [2.05, 4.69) is 12.1 Å². The zero-order chi connectivity index (χ0) is 17.2. The fourth-order valence-corrected chi connectivity index (χ4v) is 4.17. The predicted octanol–water partition coefficient (Wildman–Crippen LogP) is 3.62. The third-order valence-electron chi connectivity index (χ3n) is 4.59. The number of nitrogens with zero attached hydrogens (tertiary/aromatic N) is 1. The largest absolute Gasteiger partial charge is 0.369 e. The molecule has 0 N–H and O–H groups in total. The molecule has 0 radical (unpaired) electrons. The number of rotatable bonds is 7. The molecule has 2 aliphatic rings. The van der Waals surface area contributed by atoms with E-state index in [9.17, 15) is 9.59 Å². The Bertz CT molecular complexity index is 758. The number of imide groups is 1. The molecule has 25 heavy (non-hydrogen) atoms. The minimum atomic E-state index is -0.173. The van der Waals surface area contributed by atoms with Crippen molar-refractivity contribution in [3.63, 3.8) is 0 Å². The van der Waals surface area contributed by atoms with Crippen LogP contribution in [0.15, 0.2) is 59.5 Å². The molecule has 4 nitrogen and oxygen atoms in total. The highest BCUT2D eigenvalue weighted by atomic mass is 32.2. The van der Waals surface area contributed by atoms with Crippen molar-refractivity contribution in [1.82, 2.24) is 4.90 Å². The molecule has 2 aliphatic heterocycles. The average Bonchev–Trinajstić information content (AvgIpc) is 3.36. The number of benzene rings is 2. The Morgan fingerprint density at radius 3 is 2.20 bits per heavy atom. The summed E-state index contributed by atoms with van der Waals surface area (Å²) in [4.78, 5) is 27.2. The van der Waals surface area contributed by atoms with Crippen molar-refractivity contribution >= 4 is 23.6 Å². The summed E-state index contributed by atoms with van der Waals surface area (Å²) in [5.74, 6) is 0.601. The lowest BCUT2D eigenvalue weighted by molar-refractivity contribution is 0.0650. The molecule has 0 saturated carbocycles. The van der Waals surface area contributed by atoms with Gasteiger partial charge in [-0.15, -0.1) is 11.8 Å². The number of carbonyl (C=O) groups is 2. The third kappa shape index (κ3) is 3.48. The van der Waals surface area contributed by atoms with Crippen LogP contribution in [0.5, 0.6) is 0 Å². The molecule has 128 valence electrons. The lowest BCUT2D eigenvalue weighted by atomic mass is 10.1. The van der Waals surface area contributed by atoms with Crippen molar-refractivity contribution in [2.45, 2.75) is 29.9 Å². The molecular formula is C20H19NO3S. The van der Waals surface area contributed by atoms with Crippen molar-refractivity contribution < 1.29 is 14.3 Å². The zero-order valence-corrected chi connectivity index (χ0v) is 14.6. The van der Waals surface area contributed by atoms with Gasteiger partial charge in [0.2, 0.25) is 0 Å². The number of amides is 2. The van der Waals surface area contributed by atoms with Crippen molar-refractivity contribution in [2.24, 2.45) is 0 Å². The van der Waals surface area contributed by atoms with Gasteiger partial charge in [-0.3, -0.25) is 14.5 Å². The van der Waals surface area contributed by atoms with Gasteiger partial charge >= 0.3 is 0 Å². The van der Waals surface area contributed by atoms with Crippen molar-refractivity contribution in [2.75, 3.05) is 12.3 Å². The summed E-state index contributed by atoms with van der Waals surface area (Å²) in [6, 6.07) is 17.3. The van der Waals surface area contributed by atoms with Gasteiger partial charge in [0, 0.05) is 17.2 Å². The van der Waals surface area contributed by atoms with Gasteiger partial charge in [-0.25, -0.2) is 0 Å². The second-order valence-electron chi connectivity index (χ2n) is 6.29. The van der Waals surface area contributed by atoms with E-state index >= 15 is 0 Å². The molecule has 2 unspecified atom stereocenters. The highest BCUT2D eigenvalue weighted by molar-refractivity contribution is 7.99. The zero-order valence-electron chi connectivity index (χ0n) is 13.8. The third-order valence-corrected chi connectivity index (χ3v) is 5.69. The van der Waals surface area contributed by atoms with Crippen LogP contribution >= 0.6 is 11.8 Å². The van der Waals surface area contributed by atoms with Crippen LogP contribution in [0.25, 0.3) is 0 Å². The first kappa shape index (κ1) is 16.4. The minimum Gasteiger partial charge on any atom is -0.369 e. The molecule has 0 aromatic heterocycles. The molecule has 2 aromatic rings. The van der Waals surface area contributed by atoms with E-state index in [1.807, 2.05) is 18.2 Å². The molecule has 0 bridgehead atoms. The number of carbonyl (C=O) groups excluding carboxylic acids is 2. The standard InChI is InChI=1S/C20H19NO3S/c22-19-15-9-4-5-10-16(15)20(23)21(19)12-6-11-17-18(24-17)13-25-14-7-2-1-3-8-14/h1-5,7-10,17-18H,6,11-13H2. The van der Waals surface area contributed by atoms with E-state index < -0.39 is 0 Å². The number of fused-ring (bicyclic) bond motifs is 1. The van der Waals surface area contributed by atoms with E-state index in [-0.39, 0.29) is 24.0 Å². The van der Waals surface area contributed by atoms with Crippen LogP contribution in [0.2, 0.25) is 0 Å². The lowest BCUT2D eigenvalue weighted by Gasteiger charge is -2.12. The maximum absolute atomic E-state index is 12.3. The monoisotopic (exact) mass is 353 g/mol. The summed E-state index contributed by atoms with van der Waals surface area (Å²) in [5, 5.41) is 0. The van der Waals surface area contributed by atoms with Gasteiger partial charge in [0.05, 0.1) is 23.3 Å². The minimum absolute atomic E-state index is 0.173. The van der Waals surface area contributed by atoms with Gasteiger partial charge in [-0.1, -0.05) is 30.3 Å². The van der Waals surface area contributed by atoms with E-state index in [0.717, 1.165) is 18.6 Å². The smallest absolute Gasteiger partial charge is 0.261 e. The van der Waals surface area contributed by atoms with Crippen LogP contribution in [0.1, 0.15) is 33.6 Å². The van der Waals surface area contributed by atoms with E-state index in [0.29, 0.717) is 17.7 Å². The molecule has 4 rings (SSSR count). The first-order valence-electron chi connectivity index (χ1n) is 8.52. The summed E-state index contributed by atoms with van der Waals surface area (Å²) < 4.78 is 5.71. The van der Waals surface area contributed by atoms with Gasteiger partial charge < -0.3 is 4.74 Å². The van der Waals surface area contributed by atoms with E-state index in [4.69, 9.17) is 4.74 Å². The first-order chi connectivity index (χ1) is 12.2. The number of epoxide rings is 1. The van der Waals surface area contributed by atoms with Crippen LogP contribution < -0.4 is 0 Å². The topological polar surface area (TPSA) is 49.9 Å². The van der Waals surface area contributed by atoms with E-state index in [1.165, 1.54) is 9.80 Å². The Morgan fingerprint density at radius 2 is 1.52 bits per heavy atom. The van der Waals surface area contributed by atoms with Crippen LogP contribution in [0, 0.1) is 0 Å². The maximum Gasteiger partial charge on any atom is 0.261 e. The molecule has 1 fully saturated rings. The number of hydrogen-bond donors (Lipinski definition) is 0. The highest BCUT2D eigenvalue weighted by Gasteiger charge is 2.39. The second kappa shape index (κ2) is 7.02. The normalized spacial score (nSPS) is 21.5. The molecule has 0 aliphatic carbocycles. The fraction of sp³-hybridized carbons (Fsp3) is 0.300. The van der Waals surface area contributed by atoms with Crippen LogP contribution in [0.4, 0.5) is 0 Å². The van der Waals surface area contributed by atoms with Gasteiger partial charge in [-0.05, 0) is 37.1 Å². The van der Waals surface area contributed by atoms with Gasteiger partial charge in [0.1, 0.15) is 0 Å². The number of thioether (sulfide) groups is 1. The summed E-state index contributed by atoms with van der Waals surface area (Å²) in [5.41, 5.74) is 1.04. The molecular weight excluding hydrogens is 334 g/mol. The SMILES string of the molecule is O=C1c2ccccc2C(=O)N1CCCC1OC1CSc1ccccc1. The maximum atomic E-state index is 12.3. The molecule has 2 atom stereocenters. The predicted molar refractivity (Wildman–Crippen MR) is 96.9 cm³/mol. The van der Waals surface area contributed by atoms with Gasteiger partial charge in [-0.2, -0.15) is 0 Å². The Kier molecular flexibility index (Phi) is 4.59. The summed E-state index contributed by atoms with van der Waals surface area (Å²) in [7, 11) is 0. The Balaban J connectivity index is 1.21. The highest BCUT2D eigenvalue weighted by Crippen LogP contribution is 2.32. The lowest BCUT2D eigenvalue weighted by Crippen LogP contribution is -2.30. The number of ether oxygens (including phenoxy) is 1. The van der Waals surface area contributed by atoms with Crippen LogP contribution in [-0.4, -0.2) is 41.2 Å². The van der Waals surface area contributed by atoms with E-state index in [1.54, 1.807) is 36.0 Å². The number of hydrogen-bond acceptors (Lipinski definition) is 4. The van der Waals surface area contributed by atoms with Crippen LogP contribution in [0.3, 0.4) is 0 Å². The fourth-order valence-electron chi connectivity index (χ4n) is 3.17. The van der Waals surface area contributed by atoms with Crippen LogP contribution in [-0.2, 0) is 4.74 Å². The molecule has 5 heteroatoms. The van der Waals surface area contributed by atoms with Crippen molar-refractivity contribution in [3.05, 3.63) is 65.7 Å². The molecule has 2 heterocycles. The first-order valence-corrected chi connectivity index (χ1v) is 9.51. The van der Waals surface area contributed by atoms with Crippen molar-refractivity contribution in [1.29, 1.82) is 0 Å². The van der Waals surface area contributed by atoms with Gasteiger partial charge in [0.25, 0.3) is 11.8 Å². The molecule has 2 aromatic carbocycles.